The van der Waals surface area contributed by atoms with E-state index < -0.39 is 10.5 Å². The number of primary amides is 2. The lowest BCUT2D eigenvalue weighted by molar-refractivity contribution is 0.104. The SMILES string of the molecule is C.Cc1ccc(C(=O)C=C(O)c2cccc(C)c2)cc1.NC(=O)S.NC(=O)S. The summed E-state index contributed by atoms with van der Waals surface area (Å²) in [6.07, 6.45) is 1.26. The van der Waals surface area contributed by atoms with Gasteiger partial charge in [0, 0.05) is 17.2 Å². The monoisotopic (exact) mass is 422 g/mol. The van der Waals surface area contributed by atoms with E-state index in [2.05, 4.69) is 36.7 Å². The number of amides is 2. The normalized spacial score (nSPS) is 9.50. The quantitative estimate of drug-likeness (QED) is 0.213. The third-order valence-electron chi connectivity index (χ3n) is 2.92. The maximum absolute atomic E-state index is 12.0. The second kappa shape index (κ2) is 14.4. The molecule has 0 spiro atoms. The van der Waals surface area contributed by atoms with Crippen molar-refractivity contribution in [1.29, 1.82) is 0 Å². The summed E-state index contributed by atoms with van der Waals surface area (Å²) >= 11 is 6.21. The van der Waals surface area contributed by atoms with Crippen LogP contribution in [0.1, 0.15) is 34.5 Å². The minimum Gasteiger partial charge on any atom is -0.507 e. The fourth-order valence-corrected chi connectivity index (χ4v) is 1.81. The number of ketones is 1. The van der Waals surface area contributed by atoms with E-state index in [1.807, 2.05) is 44.2 Å². The van der Waals surface area contributed by atoms with E-state index >= 15 is 0 Å². The lowest BCUT2D eigenvalue weighted by Crippen LogP contribution is -1.96. The summed E-state index contributed by atoms with van der Waals surface area (Å²) in [5.41, 5.74) is 12.0. The van der Waals surface area contributed by atoms with Gasteiger partial charge in [0.15, 0.2) is 5.78 Å². The average molecular weight is 423 g/mol. The zero-order valence-electron chi connectivity index (χ0n) is 14.9. The molecule has 0 unspecified atom stereocenters. The van der Waals surface area contributed by atoms with E-state index in [0.29, 0.717) is 11.1 Å². The van der Waals surface area contributed by atoms with Crippen LogP contribution in [0.2, 0.25) is 0 Å². The molecular weight excluding hydrogens is 396 g/mol. The predicted molar refractivity (Wildman–Crippen MR) is 121 cm³/mol. The van der Waals surface area contributed by atoms with Gasteiger partial charge in [0.25, 0.3) is 10.5 Å². The predicted octanol–water partition coefficient (Wildman–Crippen LogP) is 4.71. The smallest absolute Gasteiger partial charge is 0.273 e. The van der Waals surface area contributed by atoms with Gasteiger partial charge in [-0.15, -0.1) is 0 Å². The van der Waals surface area contributed by atoms with Crippen molar-refractivity contribution in [2.24, 2.45) is 11.5 Å². The number of hydrogen-bond acceptors (Lipinski definition) is 4. The molecule has 0 aromatic heterocycles. The first kappa shape index (κ1) is 27.5. The van der Waals surface area contributed by atoms with Crippen LogP contribution in [0.5, 0.6) is 0 Å². The molecule has 5 N–H and O–H groups in total. The Hall–Kier alpha value is -2.71. The van der Waals surface area contributed by atoms with Crippen molar-refractivity contribution in [3.63, 3.8) is 0 Å². The molecule has 28 heavy (non-hydrogen) atoms. The molecule has 0 aliphatic heterocycles. The number of aryl methyl sites for hydroxylation is 2. The molecule has 0 heterocycles. The molecule has 2 aromatic rings. The van der Waals surface area contributed by atoms with Crippen LogP contribution in [0.25, 0.3) is 5.76 Å². The Morgan fingerprint density at radius 1 is 0.857 bits per heavy atom. The molecule has 2 amide bonds. The van der Waals surface area contributed by atoms with Crippen molar-refractivity contribution in [3.8, 4) is 0 Å². The van der Waals surface area contributed by atoms with Crippen molar-refractivity contribution in [1.82, 2.24) is 0 Å². The Labute approximate surface area is 176 Å². The molecule has 0 fully saturated rings. The van der Waals surface area contributed by atoms with Crippen LogP contribution < -0.4 is 11.5 Å². The van der Waals surface area contributed by atoms with Crippen LogP contribution >= 0.6 is 25.3 Å². The van der Waals surface area contributed by atoms with Gasteiger partial charge in [0.1, 0.15) is 5.76 Å². The molecule has 0 saturated heterocycles. The zero-order valence-corrected chi connectivity index (χ0v) is 16.7. The number of thiol groups is 2. The number of carbonyl (C=O) groups is 3. The number of hydrogen-bond donors (Lipinski definition) is 5. The number of rotatable bonds is 3. The highest BCUT2D eigenvalue weighted by Gasteiger charge is 2.06. The third kappa shape index (κ3) is 13.5. The van der Waals surface area contributed by atoms with Gasteiger partial charge < -0.3 is 16.6 Å². The number of aliphatic hydroxyl groups excluding tert-OH is 1. The Morgan fingerprint density at radius 3 is 1.75 bits per heavy atom. The molecule has 0 bridgehead atoms. The Morgan fingerprint density at radius 2 is 1.32 bits per heavy atom. The summed E-state index contributed by atoms with van der Waals surface area (Å²) in [6, 6.07) is 14.7. The van der Waals surface area contributed by atoms with E-state index in [4.69, 9.17) is 9.59 Å². The van der Waals surface area contributed by atoms with Crippen LogP contribution in [-0.4, -0.2) is 21.4 Å². The molecule has 152 valence electrons. The minimum absolute atomic E-state index is 0. The third-order valence-corrected chi connectivity index (χ3v) is 2.92. The fraction of sp³-hybridized carbons (Fsp3) is 0.150. The maximum atomic E-state index is 12.0. The highest BCUT2D eigenvalue weighted by molar-refractivity contribution is 7.96. The number of allylic oxidation sites excluding steroid dienone is 1. The first-order valence-corrected chi connectivity index (χ1v) is 8.48. The Bertz CT molecular complexity index is 799. The Balaban J connectivity index is 0. The summed E-state index contributed by atoms with van der Waals surface area (Å²) in [6.45, 7) is 3.91. The topological polar surface area (TPSA) is 123 Å². The van der Waals surface area contributed by atoms with E-state index in [0.717, 1.165) is 11.1 Å². The number of carbonyl (C=O) groups excluding carboxylic acids is 3. The van der Waals surface area contributed by atoms with Gasteiger partial charge in [-0.1, -0.05) is 86.3 Å². The minimum atomic E-state index is -0.639. The van der Waals surface area contributed by atoms with E-state index in [1.54, 1.807) is 18.2 Å². The second-order valence-corrected chi connectivity index (χ2v) is 6.19. The van der Waals surface area contributed by atoms with Gasteiger partial charge in [0.2, 0.25) is 0 Å². The summed E-state index contributed by atoms with van der Waals surface area (Å²) in [4.78, 5) is 30.2. The lowest BCUT2D eigenvalue weighted by atomic mass is 10.1. The van der Waals surface area contributed by atoms with E-state index in [-0.39, 0.29) is 19.0 Å². The highest BCUT2D eigenvalue weighted by Crippen LogP contribution is 2.14. The zero-order chi connectivity index (χ0) is 21.0. The first-order valence-electron chi connectivity index (χ1n) is 7.58. The van der Waals surface area contributed by atoms with E-state index in [1.165, 1.54) is 6.08 Å². The van der Waals surface area contributed by atoms with Gasteiger partial charge >= 0.3 is 0 Å². The van der Waals surface area contributed by atoms with Gasteiger partial charge in [-0.25, -0.2) is 0 Å². The van der Waals surface area contributed by atoms with Crippen molar-refractivity contribution >= 4 is 47.3 Å². The van der Waals surface area contributed by atoms with Crippen LogP contribution in [0, 0.1) is 13.8 Å². The number of nitrogens with two attached hydrogens (primary N) is 2. The fourth-order valence-electron chi connectivity index (χ4n) is 1.81. The average Bonchev–Trinajstić information content (AvgIpc) is 2.54. The van der Waals surface area contributed by atoms with Crippen LogP contribution in [-0.2, 0) is 0 Å². The van der Waals surface area contributed by atoms with Gasteiger partial charge in [-0.3, -0.25) is 14.4 Å². The standard InChI is InChI=1S/C17H16O2.2CH3NOS.CH4/c1-12-6-8-14(9-7-12)16(18)11-17(19)15-5-3-4-13(2)10-15;2*2-1(3)4;/h3-11,19H,1-2H3;2*(H3,2,3,4);1H4. The first-order chi connectivity index (χ1) is 12.5. The van der Waals surface area contributed by atoms with Crippen molar-refractivity contribution in [2.75, 3.05) is 0 Å². The molecule has 6 nitrogen and oxygen atoms in total. The molecule has 8 heteroatoms. The number of aliphatic hydroxyl groups is 1. The highest BCUT2D eigenvalue weighted by atomic mass is 32.1. The molecule has 0 atom stereocenters. The molecule has 2 rings (SSSR count). The van der Waals surface area contributed by atoms with Crippen molar-refractivity contribution in [2.45, 2.75) is 21.3 Å². The van der Waals surface area contributed by atoms with Crippen LogP contribution in [0.4, 0.5) is 9.59 Å². The summed E-state index contributed by atoms with van der Waals surface area (Å²) < 4.78 is 0. The second-order valence-electron chi connectivity index (χ2n) is 5.31. The molecule has 2 aromatic carbocycles. The van der Waals surface area contributed by atoms with Gasteiger partial charge in [-0.2, -0.15) is 0 Å². The molecule has 0 aliphatic rings. The van der Waals surface area contributed by atoms with Crippen LogP contribution in [0.3, 0.4) is 0 Å². The summed E-state index contributed by atoms with van der Waals surface area (Å²) in [5, 5.41) is 8.69. The molecule has 0 aliphatic carbocycles. The van der Waals surface area contributed by atoms with Crippen LogP contribution in [0.15, 0.2) is 54.6 Å². The summed E-state index contributed by atoms with van der Waals surface area (Å²) in [5.74, 6) is -0.201. The molecule has 0 saturated carbocycles. The van der Waals surface area contributed by atoms with E-state index in [9.17, 15) is 9.90 Å². The molecule has 0 radical (unpaired) electrons. The van der Waals surface area contributed by atoms with Gasteiger partial charge in [-0.05, 0) is 19.9 Å². The Kier molecular flexibility index (Phi) is 14.1. The largest absolute Gasteiger partial charge is 0.507 e. The lowest BCUT2D eigenvalue weighted by Gasteiger charge is -2.02. The number of benzene rings is 2. The molecular formula is C20H26N2O4S2. The summed E-state index contributed by atoms with van der Waals surface area (Å²) in [7, 11) is 0. The van der Waals surface area contributed by atoms with Crippen molar-refractivity contribution in [3.05, 3.63) is 76.9 Å². The maximum Gasteiger partial charge on any atom is 0.273 e. The van der Waals surface area contributed by atoms with Gasteiger partial charge in [0.05, 0.1) is 0 Å². The van der Waals surface area contributed by atoms with Crippen molar-refractivity contribution < 1.29 is 19.5 Å².